The monoisotopic (exact) mass is 343 g/mol. The summed E-state index contributed by atoms with van der Waals surface area (Å²) in [5, 5.41) is 0.379. The summed E-state index contributed by atoms with van der Waals surface area (Å²) in [4.78, 5) is 28.8. The lowest BCUT2D eigenvalue weighted by Gasteiger charge is -2.12. The Labute approximate surface area is 141 Å². The fourth-order valence-electron chi connectivity index (χ4n) is 2.55. The molecule has 0 saturated carbocycles. The van der Waals surface area contributed by atoms with Crippen molar-refractivity contribution in [3.63, 3.8) is 0 Å². The first-order valence-corrected chi connectivity index (χ1v) is 7.68. The number of para-hydroxylation sites is 1. The maximum Gasteiger partial charge on any atom is 0.280 e. The molecule has 0 atom stereocenters. The molecular weight excluding hydrogens is 328 g/mol. The quantitative estimate of drug-likeness (QED) is 0.792. The van der Waals surface area contributed by atoms with Crippen molar-refractivity contribution >= 4 is 16.8 Å². The van der Waals surface area contributed by atoms with E-state index in [9.17, 15) is 18.4 Å². The van der Waals surface area contributed by atoms with E-state index < -0.39 is 23.1 Å². The highest BCUT2D eigenvalue weighted by molar-refractivity contribution is 5.84. The molecule has 25 heavy (non-hydrogen) atoms. The van der Waals surface area contributed by atoms with Crippen molar-refractivity contribution in [2.45, 2.75) is 19.8 Å². The first-order valence-electron chi connectivity index (χ1n) is 7.68. The summed E-state index contributed by atoms with van der Waals surface area (Å²) in [7, 11) is 0. The molecule has 3 aromatic rings. The molecule has 128 valence electrons. The molecule has 1 amide bonds. The number of benzene rings is 2. The van der Waals surface area contributed by atoms with Gasteiger partial charge in [0.15, 0.2) is 11.6 Å². The van der Waals surface area contributed by atoms with Gasteiger partial charge in [0.05, 0.1) is 10.9 Å². The van der Waals surface area contributed by atoms with E-state index in [1.54, 1.807) is 31.2 Å². The molecule has 0 fully saturated rings. The smallest absolute Gasteiger partial charge is 0.273 e. The van der Waals surface area contributed by atoms with Crippen molar-refractivity contribution in [3.8, 4) is 0 Å². The first-order chi connectivity index (χ1) is 12.0. The number of nitrogens with one attached hydrogen (secondary N) is 1. The topological polar surface area (TPSA) is 64.0 Å². The predicted molar refractivity (Wildman–Crippen MR) is 89.8 cm³/mol. The Morgan fingerprint density at radius 2 is 1.92 bits per heavy atom. The van der Waals surface area contributed by atoms with Crippen molar-refractivity contribution < 1.29 is 13.6 Å². The minimum Gasteiger partial charge on any atom is -0.273 e. The molecular formula is C18H15F2N3O2. The molecule has 0 spiro atoms. The van der Waals surface area contributed by atoms with E-state index in [1.165, 1.54) is 12.1 Å². The number of hydrogen-bond acceptors (Lipinski definition) is 3. The fourth-order valence-corrected chi connectivity index (χ4v) is 2.55. The molecule has 0 aliphatic carbocycles. The Morgan fingerprint density at radius 3 is 2.72 bits per heavy atom. The summed E-state index contributed by atoms with van der Waals surface area (Å²) in [6.07, 6.45) is -0.0800. The number of carbonyl (C=O) groups is 1. The van der Waals surface area contributed by atoms with Crippen LogP contribution in [-0.2, 0) is 11.2 Å². The molecule has 2 aromatic carbocycles. The van der Waals surface area contributed by atoms with Gasteiger partial charge in [0.2, 0.25) is 5.91 Å². The Kier molecular flexibility index (Phi) is 4.56. The van der Waals surface area contributed by atoms with E-state index in [2.05, 4.69) is 10.4 Å². The third-order valence-electron chi connectivity index (χ3n) is 3.83. The normalized spacial score (nSPS) is 10.8. The van der Waals surface area contributed by atoms with Crippen LogP contribution in [0.4, 0.5) is 8.78 Å². The van der Waals surface area contributed by atoms with Crippen LogP contribution in [-0.4, -0.2) is 15.6 Å². The molecule has 0 bridgehead atoms. The van der Waals surface area contributed by atoms with Gasteiger partial charge in [-0.15, -0.1) is 0 Å². The van der Waals surface area contributed by atoms with Crippen molar-refractivity contribution in [2.24, 2.45) is 0 Å². The minimum absolute atomic E-state index is 0.0181. The maximum atomic E-state index is 13.6. The van der Waals surface area contributed by atoms with Crippen LogP contribution in [0.5, 0.6) is 0 Å². The van der Waals surface area contributed by atoms with Gasteiger partial charge >= 0.3 is 0 Å². The van der Waals surface area contributed by atoms with Crippen LogP contribution < -0.4 is 11.0 Å². The lowest BCUT2D eigenvalue weighted by molar-refractivity contribution is -0.117. The predicted octanol–water partition coefficient (Wildman–Crippen LogP) is 2.69. The zero-order valence-corrected chi connectivity index (χ0v) is 13.4. The molecule has 0 radical (unpaired) electrons. The first kappa shape index (κ1) is 16.8. The van der Waals surface area contributed by atoms with Crippen LogP contribution in [0.15, 0.2) is 47.3 Å². The summed E-state index contributed by atoms with van der Waals surface area (Å²) in [5.74, 6) is -2.08. The van der Waals surface area contributed by atoms with Gasteiger partial charge < -0.3 is 0 Å². The number of halogens is 2. The van der Waals surface area contributed by atoms with E-state index in [1.807, 2.05) is 0 Å². The Balaban J connectivity index is 1.78. The molecule has 5 nitrogen and oxygen atoms in total. The average Bonchev–Trinajstić information content (AvgIpc) is 2.60. The van der Waals surface area contributed by atoms with Crippen molar-refractivity contribution in [1.82, 2.24) is 9.66 Å². The summed E-state index contributed by atoms with van der Waals surface area (Å²) in [6, 6.07) is 10.6. The Hall–Kier alpha value is -3.09. The molecule has 7 heteroatoms. The number of amides is 1. The molecule has 0 saturated heterocycles. The van der Waals surface area contributed by atoms with Gasteiger partial charge in [0, 0.05) is 6.42 Å². The summed E-state index contributed by atoms with van der Waals surface area (Å²) < 4.78 is 27.8. The van der Waals surface area contributed by atoms with Crippen molar-refractivity contribution in [1.29, 1.82) is 0 Å². The van der Waals surface area contributed by atoms with Gasteiger partial charge in [0.1, 0.15) is 5.82 Å². The minimum atomic E-state index is -0.962. The number of aromatic nitrogens is 2. The van der Waals surface area contributed by atoms with Crippen LogP contribution in [0.25, 0.3) is 10.9 Å². The molecule has 0 aliphatic heterocycles. The number of hydrogen-bond donors (Lipinski definition) is 1. The highest BCUT2D eigenvalue weighted by atomic mass is 19.2. The summed E-state index contributed by atoms with van der Waals surface area (Å²) >= 11 is 0. The highest BCUT2D eigenvalue weighted by Crippen LogP contribution is 2.13. The summed E-state index contributed by atoms with van der Waals surface area (Å²) in [6.45, 7) is 1.60. The number of nitrogens with zero attached hydrogens (tertiary/aromatic N) is 2. The van der Waals surface area contributed by atoms with Crippen LogP contribution in [0.1, 0.15) is 17.8 Å². The average molecular weight is 343 g/mol. The number of aryl methyl sites for hydroxylation is 2. The molecule has 1 aromatic heterocycles. The van der Waals surface area contributed by atoms with Gasteiger partial charge in [-0.3, -0.25) is 15.0 Å². The van der Waals surface area contributed by atoms with Gasteiger partial charge in [0.25, 0.3) is 5.56 Å². The van der Waals surface area contributed by atoms with Gasteiger partial charge in [-0.1, -0.05) is 24.3 Å². The Bertz CT molecular complexity index is 1010. The number of rotatable bonds is 4. The van der Waals surface area contributed by atoms with Gasteiger partial charge in [-0.05, 0) is 37.1 Å². The van der Waals surface area contributed by atoms with Crippen molar-refractivity contribution in [3.05, 3.63) is 75.8 Å². The lowest BCUT2D eigenvalue weighted by Crippen LogP contribution is -2.35. The van der Waals surface area contributed by atoms with Crippen LogP contribution in [0.3, 0.4) is 0 Å². The fraction of sp³-hybridized carbons (Fsp3) is 0.167. The maximum absolute atomic E-state index is 13.6. The van der Waals surface area contributed by atoms with E-state index in [-0.39, 0.29) is 18.4 Å². The number of fused-ring (bicyclic) bond motifs is 1. The third kappa shape index (κ3) is 3.40. The second kappa shape index (κ2) is 6.80. The second-order valence-electron chi connectivity index (χ2n) is 5.56. The van der Waals surface area contributed by atoms with E-state index in [4.69, 9.17) is 0 Å². The SMILES string of the molecule is Cc1nc2ccccc2c(=O)n1NC(=O)CCc1cccc(F)c1F. The molecule has 3 rings (SSSR count). The largest absolute Gasteiger partial charge is 0.280 e. The summed E-state index contributed by atoms with van der Waals surface area (Å²) in [5.41, 5.74) is 2.71. The molecule has 1 N–H and O–H groups in total. The molecule has 1 heterocycles. The zero-order chi connectivity index (χ0) is 18.0. The van der Waals surface area contributed by atoms with E-state index in [0.29, 0.717) is 16.7 Å². The molecule has 0 aliphatic rings. The molecule has 0 unspecified atom stereocenters. The van der Waals surface area contributed by atoms with Crippen LogP contribution in [0, 0.1) is 18.6 Å². The Morgan fingerprint density at radius 1 is 1.16 bits per heavy atom. The highest BCUT2D eigenvalue weighted by Gasteiger charge is 2.13. The van der Waals surface area contributed by atoms with E-state index in [0.717, 1.165) is 10.7 Å². The zero-order valence-electron chi connectivity index (χ0n) is 13.4. The lowest BCUT2D eigenvalue weighted by atomic mass is 10.1. The van der Waals surface area contributed by atoms with Crippen LogP contribution in [0.2, 0.25) is 0 Å². The standard InChI is InChI=1S/C18H15F2N3O2/c1-11-21-15-8-3-2-6-13(15)18(25)23(11)22-16(24)10-9-12-5-4-7-14(19)17(12)20/h2-8H,9-10H2,1H3,(H,22,24). The van der Waals surface area contributed by atoms with Gasteiger partial charge in [-0.25, -0.2) is 18.4 Å². The van der Waals surface area contributed by atoms with Crippen molar-refractivity contribution in [2.75, 3.05) is 5.43 Å². The third-order valence-corrected chi connectivity index (χ3v) is 3.83. The second-order valence-corrected chi connectivity index (χ2v) is 5.56. The van der Waals surface area contributed by atoms with E-state index >= 15 is 0 Å². The van der Waals surface area contributed by atoms with Gasteiger partial charge in [-0.2, -0.15) is 0 Å². The van der Waals surface area contributed by atoms with Crippen LogP contribution >= 0.6 is 0 Å². The number of carbonyl (C=O) groups excluding carboxylic acids is 1.